The van der Waals surface area contributed by atoms with Crippen LogP contribution in [0.4, 0.5) is 0 Å². The summed E-state index contributed by atoms with van der Waals surface area (Å²) < 4.78 is 23.1. The predicted octanol–water partition coefficient (Wildman–Crippen LogP) is -0.910. The number of ether oxygens (including phenoxy) is 4. The van der Waals surface area contributed by atoms with Gasteiger partial charge in [-0.2, -0.15) is 0 Å². The molecule has 1 aliphatic carbocycles. The zero-order valence-corrected chi connectivity index (χ0v) is 10.0. The lowest BCUT2D eigenvalue weighted by Crippen LogP contribution is -2.58. The van der Waals surface area contributed by atoms with Crippen LogP contribution in [0.5, 0.6) is 0 Å². The molecule has 2 N–H and O–H groups in total. The number of fused-ring (bicyclic) bond motifs is 6. The predicted molar refractivity (Wildman–Crippen MR) is 57.4 cm³/mol. The summed E-state index contributed by atoms with van der Waals surface area (Å²) in [6, 6.07) is 0. The Morgan fingerprint density at radius 3 is 2.72 bits per heavy atom. The van der Waals surface area contributed by atoms with E-state index in [4.69, 9.17) is 18.9 Å². The van der Waals surface area contributed by atoms with Crippen LogP contribution in [-0.2, 0) is 18.9 Å². The van der Waals surface area contributed by atoms with Gasteiger partial charge in [-0.15, -0.1) is 0 Å². The Labute approximate surface area is 105 Å². The minimum atomic E-state index is -0.928. The largest absolute Gasteiger partial charge is 0.396 e. The van der Waals surface area contributed by atoms with Gasteiger partial charge in [-0.25, -0.2) is 0 Å². The summed E-state index contributed by atoms with van der Waals surface area (Å²) in [6.07, 6.45) is -0.432. The summed E-state index contributed by atoms with van der Waals surface area (Å²) in [5.41, 5.74) is 0. The van der Waals surface area contributed by atoms with Gasteiger partial charge >= 0.3 is 0 Å². The van der Waals surface area contributed by atoms with Gasteiger partial charge < -0.3 is 29.2 Å². The Morgan fingerprint density at radius 1 is 1.22 bits per heavy atom. The molecule has 1 saturated carbocycles. The van der Waals surface area contributed by atoms with E-state index in [0.717, 1.165) is 0 Å². The average molecular weight is 258 g/mol. The molecule has 6 heteroatoms. The summed E-state index contributed by atoms with van der Waals surface area (Å²) in [7, 11) is 0. The molecule has 6 nitrogen and oxygen atoms in total. The van der Waals surface area contributed by atoms with E-state index < -0.39 is 18.2 Å². The Hall–Kier alpha value is -0.240. The Morgan fingerprint density at radius 2 is 2.00 bits per heavy atom. The highest BCUT2D eigenvalue weighted by molar-refractivity contribution is 5.08. The Bertz CT molecular complexity index is 341. The van der Waals surface area contributed by atoms with E-state index in [9.17, 15) is 10.2 Å². The van der Waals surface area contributed by atoms with Gasteiger partial charge in [-0.05, 0) is 12.3 Å². The monoisotopic (exact) mass is 258 g/mol. The van der Waals surface area contributed by atoms with Crippen LogP contribution in [0.15, 0.2) is 0 Å². The standard InChI is InChI=1S/C12H18O6/c13-4-7-8(14)3-6-9-5-15-11(18-9)12(10(6)7)16-1-2-17-12/h6-11,13-14H,1-5H2/t6-,7-,8-,9-,10-,11-/m1/s1. The molecule has 3 saturated heterocycles. The molecular weight excluding hydrogens is 240 g/mol. The summed E-state index contributed by atoms with van der Waals surface area (Å²) in [5.74, 6) is -1.06. The lowest BCUT2D eigenvalue weighted by Gasteiger charge is -2.45. The molecule has 18 heavy (non-hydrogen) atoms. The normalized spacial score (nSPS) is 53.0. The molecule has 0 unspecified atom stereocenters. The SMILES string of the molecule is OC[C@H]1[C@H]2[C@H](C[C@H]1O)[C@H]1CO[C@H](O1)C21OCCO1. The van der Waals surface area contributed by atoms with Crippen molar-refractivity contribution < 1.29 is 29.2 Å². The first-order valence-corrected chi connectivity index (χ1v) is 6.60. The molecule has 4 rings (SSSR count). The highest BCUT2D eigenvalue weighted by Gasteiger charge is 2.68. The van der Waals surface area contributed by atoms with Gasteiger partial charge in [0.25, 0.3) is 0 Å². The van der Waals surface area contributed by atoms with Crippen molar-refractivity contribution in [2.24, 2.45) is 17.8 Å². The molecule has 2 bridgehead atoms. The van der Waals surface area contributed by atoms with Crippen molar-refractivity contribution in [3.05, 3.63) is 0 Å². The smallest absolute Gasteiger partial charge is 0.224 e. The number of hydrogen-bond donors (Lipinski definition) is 2. The maximum Gasteiger partial charge on any atom is 0.224 e. The van der Waals surface area contributed by atoms with Crippen LogP contribution < -0.4 is 0 Å². The lowest BCUT2D eigenvalue weighted by molar-refractivity contribution is -0.342. The van der Waals surface area contributed by atoms with Crippen LogP contribution in [0, 0.1) is 17.8 Å². The average Bonchev–Trinajstić information content (AvgIpc) is 3.02. The summed E-state index contributed by atoms with van der Waals surface area (Å²) in [4.78, 5) is 0. The van der Waals surface area contributed by atoms with Gasteiger partial charge in [0.15, 0.2) is 0 Å². The third kappa shape index (κ3) is 1.28. The molecule has 0 aromatic rings. The van der Waals surface area contributed by atoms with Crippen molar-refractivity contribution in [2.75, 3.05) is 26.4 Å². The van der Waals surface area contributed by atoms with Gasteiger partial charge in [0, 0.05) is 18.4 Å². The summed E-state index contributed by atoms with van der Waals surface area (Å²) in [6.45, 7) is 1.47. The second-order valence-corrected chi connectivity index (χ2v) is 5.60. The molecule has 0 aromatic carbocycles. The molecule has 0 amide bonds. The van der Waals surface area contributed by atoms with Crippen LogP contribution in [-0.4, -0.2) is 60.9 Å². The summed E-state index contributed by atoms with van der Waals surface area (Å²) >= 11 is 0. The van der Waals surface area contributed by atoms with Gasteiger partial charge in [0.1, 0.15) is 0 Å². The molecule has 102 valence electrons. The van der Waals surface area contributed by atoms with E-state index in [1.54, 1.807) is 0 Å². The number of aliphatic hydroxyl groups excluding tert-OH is 2. The number of aliphatic hydroxyl groups is 2. The third-order valence-corrected chi connectivity index (χ3v) is 4.86. The van der Waals surface area contributed by atoms with Crippen LogP contribution >= 0.6 is 0 Å². The van der Waals surface area contributed by atoms with Crippen molar-refractivity contribution in [3.63, 3.8) is 0 Å². The van der Waals surface area contributed by atoms with E-state index in [-0.39, 0.29) is 30.5 Å². The maximum atomic E-state index is 10.1. The van der Waals surface area contributed by atoms with E-state index >= 15 is 0 Å². The van der Waals surface area contributed by atoms with Gasteiger partial charge in [-0.1, -0.05) is 0 Å². The van der Waals surface area contributed by atoms with E-state index in [1.807, 2.05) is 0 Å². The van der Waals surface area contributed by atoms with Crippen molar-refractivity contribution in [1.82, 2.24) is 0 Å². The van der Waals surface area contributed by atoms with Crippen LogP contribution in [0.3, 0.4) is 0 Å². The Kier molecular flexibility index (Phi) is 2.49. The minimum Gasteiger partial charge on any atom is -0.396 e. The maximum absolute atomic E-state index is 10.1. The van der Waals surface area contributed by atoms with E-state index in [1.165, 1.54) is 0 Å². The van der Waals surface area contributed by atoms with Crippen LogP contribution in [0.1, 0.15) is 6.42 Å². The number of hydrogen-bond acceptors (Lipinski definition) is 6. The molecule has 6 atom stereocenters. The molecule has 4 fully saturated rings. The molecule has 1 spiro atoms. The lowest BCUT2D eigenvalue weighted by atomic mass is 9.78. The van der Waals surface area contributed by atoms with Crippen LogP contribution in [0.25, 0.3) is 0 Å². The Balaban J connectivity index is 1.76. The van der Waals surface area contributed by atoms with Gasteiger partial charge in [0.05, 0.1) is 32.0 Å². The van der Waals surface area contributed by atoms with Crippen molar-refractivity contribution >= 4 is 0 Å². The second kappa shape index (κ2) is 3.88. The molecule has 4 aliphatic rings. The first-order chi connectivity index (χ1) is 8.76. The van der Waals surface area contributed by atoms with E-state index in [0.29, 0.717) is 26.2 Å². The fraction of sp³-hybridized carbons (Fsp3) is 1.00. The van der Waals surface area contributed by atoms with Crippen molar-refractivity contribution in [1.29, 1.82) is 0 Å². The first-order valence-electron chi connectivity index (χ1n) is 6.60. The molecule has 3 aliphatic heterocycles. The fourth-order valence-electron chi connectivity index (χ4n) is 4.16. The molecule has 0 aromatic heterocycles. The third-order valence-electron chi connectivity index (χ3n) is 4.86. The number of rotatable bonds is 1. The quantitative estimate of drug-likeness (QED) is 0.634. The molecule has 3 heterocycles. The second-order valence-electron chi connectivity index (χ2n) is 5.60. The van der Waals surface area contributed by atoms with Crippen molar-refractivity contribution in [2.45, 2.75) is 30.7 Å². The van der Waals surface area contributed by atoms with E-state index in [2.05, 4.69) is 0 Å². The zero-order valence-electron chi connectivity index (χ0n) is 10.0. The molecular formula is C12H18O6. The zero-order chi connectivity index (χ0) is 12.3. The van der Waals surface area contributed by atoms with Gasteiger partial charge in [-0.3, -0.25) is 0 Å². The van der Waals surface area contributed by atoms with Gasteiger partial charge in [0.2, 0.25) is 12.1 Å². The summed E-state index contributed by atoms with van der Waals surface area (Å²) in [5, 5.41) is 19.7. The highest BCUT2D eigenvalue weighted by atomic mass is 16.8. The highest BCUT2D eigenvalue weighted by Crippen LogP contribution is 2.56. The minimum absolute atomic E-state index is 0.00961. The van der Waals surface area contributed by atoms with Crippen molar-refractivity contribution in [3.8, 4) is 0 Å². The molecule has 0 radical (unpaired) electrons. The van der Waals surface area contributed by atoms with Crippen LogP contribution in [0.2, 0.25) is 0 Å². The first kappa shape index (κ1) is 11.6. The topological polar surface area (TPSA) is 77.4 Å². The fourth-order valence-corrected chi connectivity index (χ4v) is 4.16.